The van der Waals surface area contributed by atoms with Crippen LogP contribution < -0.4 is 0 Å². The van der Waals surface area contributed by atoms with Gasteiger partial charge in [0.25, 0.3) is 0 Å². The first-order valence-corrected chi connectivity index (χ1v) is 4.39. The molecule has 0 aromatic carbocycles. The van der Waals surface area contributed by atoms with Crippen molar-refractivity contribution >= 4 is 5.78 Å². The Morgan fingerprint density at radius 1 is 1.64 bits per heavy atom. The summed E-state index contributed by atoms with van der Waals surface area (Å²) in [5.41, 5.74) is 0. The zero-order valence-corrected chi connectivity index (χ0v) is 7.05. The van der Waals surface area contributed by atoms with E-state index in [9.17, 15) is 4.79 Å². The van der Waals surface area contributed by atoms with Crippen molar-refractivity contribution in [2.75, 3.05) is 6.61 Å². The summed E-state index contributed by atoms with van der Waals surface area (Å²) in [5, 5.41) is 8.59. The molecule has 2 atom stereocenters. The van der Waals surface area contributed by atoms with Crippen LogP contribution in [0.1, 0.15) is 32.6 Å². The Morgan fingerprint density at radius 2 is 2.36 bits per heavy atom. The highest BCUT2D eigenvalue weighted by molar-refractivity contribution is 5.83. The van der Waals surface area contributed by atoms with E-state index < -0.39 is 0 Å². The zero-order valence-electron chi connectivity index (χ0n) is 7.05. The quantitative estimate of drug-likeness (QED) is 0.670. The second kappa shape index (κ2) is 3.86. The molecule has 0 aromatic rings. The molecule has 0 heterocycles. The molecular formula is C9H16O2. The van der Waals surface area contributed by atoms with Crippen LogP contribution in [-0.4, -0.2) is 17.5 Å². The molecule has 1 aliphatic rings. The van der Waals surface area contributed by atoms with E-state index >= 15 is 0 Å². The van der Waals surface area contributed by atoms with Crippen molar-refractivity contribution in [3.8, 4) is 0 Å². The first kappa shape index (κ1) is 8.72. The lowest BCUT2D eigenvalue weighted by molar-refractivity contribution is -0.121. The molecule has 1 rings (SSSR count). The average Bonchev–Trinajstić information content (AvgIpc) is 2.29. The average molecular weight is 156 g/mol. The van der Waals surface area contributed by atoms with Gasteiger partial charge in [-0.05, 0) is 25.2 Å². The van der Waals surface area contributed by atoms with Gasteiger partial charge in [-0.3, -0.25) is 4.79 Å². The van der Waals surface area contributed by atoms with Crippen LogP contribution in [-0.2, 0) is 4.79 Å². The highest BCUT2D eigenvalue weighted by atomic mass is 16.2. The smallest absolute Gasteiger partial charge is 0.136 e. The summed E-state index contributed by atoms with van der Waals surface area (Å²) < 4.78 is 0. The molecule has 11 heavy (non-hydrogen) atoms. The van der Waals surface area contributed by atoms with Gasteiger partial charge >= 0.3 is 0 Å². The highest BCUT2D eigenvalue weighted by Gasteiger charge is 2.30. The number of hydrogen-bond acceptors (Lipinski definition) is 2. The second-order valence-corrected chi connectivity index (χ2v) is 3.45. The fourth-order valence-electron chi connectivity index (χ4n) is 1.83. The molecule has 0 spiro atoms. The summed E-state index contributed by atoms with van der Waals surface area (Å²) in [6, 6.07) is 0. The molecular weight excluding hydrogens is 140 g/mol. The van der Waals surface area contributed by atoms with Gasteiger partial charge in [-0.25, -0.2) is 0 Å². The summed E-state index contributed by atoms with van der Waals surface area (Å²) in [6.45, 7) is 2.35. The number of aliphatic hydroxyl groups is 1. The predicted octanol–water partition coefficient (Wildman–Crippen LogP) is 1.37. The first-order valence-electron chi connectivity index (χ1n) is 4.39. The Hall–Kier alpha value is -0.370. The predicted molar refractivity (Wildman–Crippen MR) is 43.2 cm³/mol. The molecule has 0 aliphatic heterocycles. The minimum atomic E-state index is 0.219. The third kappa shape index (κ3) is 2.03. The maximum atomic E-state index is 11.2. The van der Waals surface area contributed by atoms with E-state index in [0.717, 1.165) is 25.7 Å². The van der Waals surface area contributed by atoms with Crippen molar-refractivity contribution in [3.05, 3.63) is 0 Å². The largest absolute Gasteiger partial charge is 0.396 e. The number of ketones is 1. The number of aliphatic hydroxyl groups excluding tert-OH is 1. The van der Waals surface area contributed by atoms with Gasteiger partial charge in [-0.1, -0.05) is 6.92 Å². The van der Waals surface area contributed by atoms with E-state index in [-0.39, 0.29) is 12.5 Å². The molecule has 2 nitrogen and oxygen atoms in total. The van der Waals surface area contributed by atoms with Gasteiger partial charge in [0.1, 0.15) is 5.78 Å². The van der Waals surface area contributed by atoms with Gasteiger partial charge in [0.15, 0.2) is 0 Å². The fourth-order valence-corrected chi connectivity index (χ4v) is 1.83. The minimum absolute atomic E-state index is 0.219. The molecule has 0 aromatic heterocycles. The Balaban J connectivity index is 2.35. The van der Waals surface area contributed by atoms with Crippen molar-refractivity contribution in [1.29, 1.82) is 0 Å². The molecule has 1 aliphatic carbocycles. The Labute approximate surface area is 67.6 Å². The van der Waals surface area contributed by atoms with E-state index in [1.54, 1.807) is 0 Å². The monoisotopic (exact) mass is 156 g/mol. The van der Waals surface area contributed by atoms with Gasteiger partial charge in [0.05, 0.1) is 0 Å². The maximum Gasteiger partial charge on any atom is 0.136 e. The van der Waals surface area contributed by atoms with Gasteiger partial charge < -0.3 is 5.11 Å². The Bertz CT molecular complexity index is 142. The molecule has 1 fully saturated rings. The Kier molecular flexibility index (Phi) is 3.06. The van der Waals surface area contributed by atoms with E-state index in [0.29, 0.717) is 11.7 Å². The van der Waals surface area contributed by atoms with Crippen LogP contribution in [0.3, 0.4) is 0 Å². The summed E-state index contributed by atoms with van der Waals surface area (Å²) in [6.07, 6.45) is 3.48. The van der Waals surface area contributed by atoms with Gasteiger partial charge in [-0.15, -0.1) is 0 Å². The summed E-state index contributed by atoms with van der Waals surface area (Å²) >= 11 is 0. The number of rotatable bonds is 3. The van der Waals surface area contributed by atoms with E-state index in [2.05, 4.69) is 6.92 Å². The summed E-state index contributed by atoms with van der Waals surface area (Å²) in [7, 11) is 0. The Morgan fingerprint density at radius 3 is 2.82 bits per heavy atom. The molecule has 0 saturated heterocycles. The van der Waals surface area contributed by atoms with Crippen molar-refractivity contribution in [2.24, 2.45) is 11.8 Å². The zero-order chi connectivity index (χ0) is 8.27. The summed E-state index contributed by atoms with van der Waals surface area (Å²) in [5.74, 6) is 1.21. The van der Waals surface area contributed by atoms with Crippen molar-refractivity contribution in [2.45, 2.75) is 32.6 Å². The third-order valence-corrected chi connectivity index (χ3v) is 2.62. The molecule has 1 N–H and O–H groups in total. The molecule has 1 saturated carbocycles. The van der Waals surface area contributed by atoms with Gasteiger partial charge in [-0.2, -0.15) is 0 Å². The van der Waals surface area contributed by atoms with Gasteiger partial charge in [0, 0.05) is 18.9 Å². The van der Waals surface area contributed by atoms with Crippen LogP contribution in [0, 0.1) is 11.8 Å². The number of Topliss-reactive ketones (excluding diaryl/α,β-unsaturated/α-hetero) is 1. The molecule has 0 amide bonds. The van der Waals surface area contributed by atoms with Crippen molar-refractivity contribution < 1.29 is 9.90 Å². The lowest BCUT2D eigenvalue weighted by Gasteiger charge is -2.11. The molecule has 0 bridgehead atoms. The van der Waals surface area contributed by atoms with Gasteiger partial charge in [0.2, 0.25) is 0 Å². The number of carbonyl (C=O) groups excluding carboxylic acids is 1. The molecule has 2 unspecified atom stereocenters. The van der Waals surface area contributed by atoms with Crippen LogP contribution in [0.25, 0.3) is 0 Å². The number of hydrogen-bond donors (Lipinski definition) is 1. The maximum absolute atomic E-state index is 11.2. The van der Waals surface area contributed by atoms with E-state index in [4.69, 9.17) is 5.11 Å². The van der Waals surface area contributed by atoms with Crippen molar-refractivity contribution in [1.82, 2.24) is 0 Å². The lowest BCUT2D eigenvalue weighted by Crippen LogP contribution is -2.12. The number of carbonyl (C=O) groups is 1. The highest BCUT2D eigenvalue weighted by Crippen LogP contribution is 2.31. The SMILES string of the molecule is CC1CCC(=O)C1CCCO. The lowest BCUT2D eigenvalue weighted by atomic mass is 9.93. The van der Waals surface area contributed by atoms with Crippen LogP contribution in [0.4, 0.5) is 0 Å². The van der Waals surface area contributed by atoms with Crippen LogP contribution in [0.2, 0.25) is 0 Å². The second-order valence-electron chi connectivity index (χ2n) is 3.45. The van der Waals surface area contributed by atoms with E-state index in [1.807, 2.05) is 0 Å². The standard InChI is InChI=1S/C9H16O2/c1-7-4-5-9(11)8(7)3-2-6-10/h7-8,10H,2-6H2,1H3. The molecule has 2 heteroatoms. The topological polar surface area (TPSA) is 37.3 Å². The minimum Gasteiger partial charge on any atom is -0.396 e. The van der Waals surface area contributed by atoms with Crippen LogP contribution in [0.15, 0.2) is 0 Å². The van der Waals surface area contributed by atoms with Crippen LogP contribution >= 0.6 is 0 Å². The molecule has 64 valence electrons. The fraction of sp³-hybridized carbons (Fsp3) is 0.889. The first-order chi connectivity index (χ1) is 5.25. The molecule has 0 radical (unpaired) electrons. The normalized spacial score (nSPS) is 31.3. The van der Waals surface area contributed by atoms with Crippen LogP contribution in [0.5, 0.6) is 0 Å². The van der Waals surface area contributed by atoms with Crippen molar-refractivity contribution in [3.63, 3.8) is 0 Å². The van der Waals surface area contributed by atoms with E-state index in [1.165, 1.54) is 0 Å². The summed E-state index contributed by atoms with van der Waals surface area (Å²) in [4.78, 5) is 11.2. The third-order valence-electron chi connectivity index (χ3n) is 2.62.